The molecule has 4 heteroatoms. The van der Waals surface area contributed by atoms with Gasteiger partial charge < -0.3 is 14.6 Å². The predicted molar refractivity (Wildman–Crippen MR) is 55.5 cm³/mol. The van der Waals surface area contributed by atoms with Crippen molar-refractivity contribution in [1.29, 1.82) is 0 Å². The molecule has 3 nitrogen and oxygen atoms in total. The van der Waals surface area contributed by atoms with Crippen LogP contribution in [-0.4, -0.2) is 17.5 Å². The van der Waals surface area contributed by atoms with E-state index in [1.54, 1.807) is 0 Å². The van der Waals surface area contributed by atoms with E-state index in [9.17, 15) is 0 Å². The fourth-order valence-corrected chi connectivity index (χ4v) is 1.78. The molecule has 0 saturated carbocycles. The van der Waals surface area contributed by atoms with E-state index in [-0.39, 0.29) is 6.61 Å². The summed E-state index contributed by atoms with van der Waals surface area (Å²) in [5.74, 6) is 0.720. The summed E-state index contributed by atoms with van der Waals surface area (Å²) in [7, 11) is 0. The van der Waals surface area contributed by atoms with E-state index in [1.807, 2.05) is 25.1 Å². The third kappa shape index (κ3) is 1.72. The van der Waals surface area contributed by atoms with Gasteiger partial charge in [0.2, 0.25) is 0 Å². The van der Waals surface area contributed by atoms with Crippen LogP contribution in [0.4, 0.5) is 0 Å². The molecule has 1 unspecified atom stereocenters. The van der Waals surface area contributed by atoms with Crippen molar-refractivity contribution >= 4 is 15.9 Å². The maximum atomic E-state index is 8.86. The highest BCUT2D eigenvalue weighted by Gasteiger charge is 2.36. The topological polar surface area (TPSA) is 38.7 Å². The fourth-order valence-electron chi connectivity index (χ4n) is 1.44. The van der Waals surface area contributed by atoms with Crippen LogP contribution in [0.1, 0.15) is 13.3 Å². The van der Waals surface area contributed by atoms with Gasteiger partial charge in [0, 0.05) is 17.8 Å². The summed E-state index contributed by atoms with van der Waals surface area (Å²) < 4.78 is 12.1. The van der Waals surface area contributed by atoms with Crippen molar-refractivity contribution in [3.05, 3.63) is 22.7 Å². The van der Waals surface area contributed by atoms with Crippen LogP contribution < -0.4 is 9.47 Å². The number of benzene rings is 1. The first-order valence-electron chi connectivity index (χ1n) is 4.41. The number of ether oxygens (including phenoxy) is 2. The molecule has 0 radical (unpaired) electrons. The van der Waals surface area contributed by atoms with E-state index < -0.39 is 5.79 Å². The molecule has 1 atom stereocenters. The van der Waals surface area contributed by atoms with Gasteiger partial charge in [-0.2, -0.15) is 0 Å². The minimum absolute atomic E-state index is 0.0473. The average Bonchev–Trinajstić information content (AvgIpc) is 2.40. The summed E-state index contributed by atoms with van der Waals surface area (Å²) in [5.41, 5.74) is 0. The van der Waals surface area contributed by atoms with Crippen molar-refractivity contribution in [2.45, 2.75) is 19.1 Å². The van der Waals surface area contributed by atoms with Crippen LogP contribution >= 0.6 is 15.9 Å². The van der Waals surface area contributed by atoms with Crippen molar-refractivity contribution < 1.29 is 14.6 Å². The van der Waals surface area contributed by atoms with E-state index in [1.165, 1.54) is 0 Å². The zero-order valence-electron chi connectivity index (χ0n) is 7.79. The van der Waals surface area contributed by atoms with Gasteiger partial charge in [-0.05, 0) is 18.2 Å². The van der Waals surface area contributed by atoms with E-state index in [0.29, 0.717) is 6.42 Å². The monoisotopic (exact) mass is 258 g/mol. The van der Waals surface area contributed by atoms with Gasteiger partial charge in [0.1, 0.15) is 0 Å². The molecule has 1 heterocycles. The Kier molecular flexibility index (Phi) is 2.41. The molecule has 1 N–H and O–H groups in total. The first-order valence-corrected chi connectivity index (χ1v) is 5.21. The fraction of sp³-hybridized carbons (Fsp3) is 0.400. The van der Waals surface area contributed by atoms with Crippen molar-refractivity contribution in [3.63, 3.8) is 0 Å². The van der Waals surface area contributed by atoms with Crippen LogP contribution in [0.2, 0.25) is 0 Å². The van der Waals surface area contributed by atoms with Gasteiger partial charge in [-0.1, -0.05) is 15.9 Å². The van der Waals surface area contributed by atoms with Gasteiger partial charge in [-0.3, -0.25) is 0 Å². The third-order valence-electron chi connectivity index (χ3n) is 2.12. The number of halogens is 1. The Balaban J connectivity index is 2.25. The van der Waals surface area contributed by atoms with Crippen molar-refractivity contribution in [1.82, 2.24) is 0 Å². The first-order chi connectivity index (χ1) is 6.63. The zero-order valence-corrected chi connectivity index (χ0v) is 9.37. The minimum atomic E-state index is -0.724. The highest BCUT2D eigenvalue weighted by atomic mass is 79.9. The zero-order chi connectivity index (χ0) is 10.2. The molecule has 0 aliphatic carbocycles. The number of hydrogen-bond acceptors (Lipinski definition) is 3. The highest BCUT2D eigenvalue weighted by molar-refractivity contribution is 9.10. The molecule has 76 valence electrons. The second-order valence-electron chi connectivity index (χ2n) is 3.40. The molecule has 0 aromatic heterocycles. The van der Waals surface area contributed by atoms with Crippen LogP contribution in [0.3, 0.4) is 0 Å². The third-order valence-corrected chi connectivity index (χ3v) is 2.62. The van der Waals surface area contributed by atoms with Crippen LogP contribution in [0.15, 0.2) is 22.7 Å². The summed E-state index contributed by atoms with van der Waals surface area (Å²) in [6, 6.07) is 5.60. The quantitative estimate of drug-likeness (QED) is 0.885. The molecule has 1 aromatic rings. The van der Waals surface area contributed by atoms with Gasteiger partial charge >= 0.3 is 0 Å². The normalized spacial score (nSPS) is 23.9. The van der Waals surface area contributed by atoms with Crippen LogP contribution in [0.5, 0.6) is 11.5 Å². The standard InChI is InChI=1S/C10H11BrO3/c1-10(4-5-12)13-8-3-2-7(11)6-9(8)14-10/h2-3,6,12H,4-5H2,1H3. The molecule has 0 saturated heterocycles. The summed E-state index contributed by atoms with van der Waals surface area (Å²) in [6.07, 6.45) is 0.458. The van der Waals surface area contributed by atoms with E-state index in [4.69, 9.17) is 14.6 Å². The van der Waals surface area contributed by atoms with Gasteiger partial charge in [-0.25, -0.2) is 0 Å². The second kappa shape index (κ2) is 3.44. The Morgan fingerprint density at radius 3 is 2.79 bits per heavy atom. The molecule has 1 aromatic carbocycles. The Hall–Kier alpha value is -0.740. The number of aliphatic hydroxyl groups is 1. The van der Waals surface area contributed by atoms with Gasteiger partial charge in [0.15, 0.2) is 11.5 Å². The van der Waals surface area contributed by atoms with E-state index >= 15 is 0 Å². The lowest BCUT2D eigenvalue weighted by molar-refractivity contribution is -0.0769. The Labute approximate surface area is 90.8 Å². The molecule has 1 aliphatic rings. The van der Waals surface area contributed by atoms with E-state index in [2.05, 4.69) is 15.9 Å². The second-order valence-corrected chi connectivity index (χ2v) is 4.32. The van der Waals surface area contributed by atoms with Crippen LogP contribution in [0, 0.1) is 0 Å². The Morgan fingerprint density at radius 2 is 2.07 bits per heavy atom. The molecule has 0 spiro atoms. The van der Waals surface area contributed by atoms with Gasteiger partial charge in [0.25, 0.3) is 5.79 Å². The molecule has 0 fully saturated rings. The lowest BCUT2D eigenvalue weighted by Gasteiger charge is -2.21. The summed E-state index contributed by atoms with van der Waals surface area (Å²) in [5, 5.41) is 8.86. The number of rotatable bonds is 2. The van der Waals surface area contributed by atoms with Crippen LogP contribution in [-0.2, 0) is 0 Å². The van der Waals surface area contributed by atoms with Gasteiger partial charge in [-0.15, -0.1) is 0 Å². The molecular formula is C10H11BrO3. The van der Waals surface area contributed by atoms with Gasteiger partial charge in [0.05, 0.1) is 6.61 Å². The average molecular weight is 259 g/mol. The largest absolute Gasteiger partial charge is 0.449 e. The van der Waals surface area contributed by atoms with Crippen molar-refractivity contribution in [2.24, 2.45) is 0 Å². The minimum Gasteiger partial charge on any atom is -0.449 e. The number of aliphatic hydroxyl groups excluding tert-OH is 1. The Bertz CT molecular complexity index is 353. The molecule has 0 bridgehead atoms. The SMILES string of the molecule is CC1(CCO)Oc2ccc(Br)cc2O1. The molecular weight excluding hydrogens is 248 g/mol. The van der Waals surface area contributed by atoms with Crippen LogP contribution in [0.25, 0.3) is 0 Å². The van der Waals surface area contributed by atoms with Crippen molar-refractivity contribution in [3.8, 4) is 11.5 Å². The Morgan fingerprint density at radius 1 is 1.36 bits per heavy atom. The van der Waals surface area contributed by atoms with Crippen molar-refractivity contribution in [2.75, 3.05) is 6.61 Å². The number of hydrogen-bond donors (Lipinski definition) is 1. The predicted octanol–water partition coefficient (Wildman–Crippen LogP) is 2.32. The molecule has 2 rings (SSSR count). The smallest absolute Gasteiger partial charge is 0.251 e. The molecule has 0 amide bonds. The summed E-state index contributed by atoms with van der Waals surface area (Å²) in [4.78, 5) is 0. The molecule has 14 heavy (non-hydrogen) atoms. The first kappa shape index (κ1) is 9.80. The lowest BCUT2D eigenvalue weighted by Crippen LogP contribution is -2.35. The van der Waals surface area contributed by atoms with E-state index in [0.717, 1.165) is 16.0 Å². The maximum Gasteiger partial charge on any atom is 0.251 e. The molecule has 1 aliphatic heterocycles. The summed E-state index contributed by atoms with van der Waals surface area (Å²) >= 11 is 3.36. The number of fused-ring (bicyclic) bond motifs is 1. The lowest BCUT2D eigenvalue weighted by atomic mass is 10.2. The summed E-state index contributed by atoms with van der Waals surface area (Å²) in [6.45, 7) is 1.86. The maximum absolute atomic E-state index is 8.86. The highest BCUT2D eigenvalue weighted by Crippen LogP contribution is 2.41.